The van der Waals surface area contributed by atoms with Crippen molar-refractivity contribution < 1.29 is 13.2 Å². The van der Waals surface area contributed by atoms with Gasteiger partial charge in [-0.2, -0.15) is 4.31 Å². The summed E-state index contributed by atoms with van der Waals surface area (Å²) in [6.45, 7) is 5.23. The van der Waals surface area contributed by atoms with Gasteiger partial charge in [-0.1, -0.05) is 29.8 Å². The molecule has 0 bridgehead atoms. The molecule has 1 aromatic heterocycles. The van der Waals surface area contributed by atoms with Gasteiger partial charge in [-0.3, -0.25) is 4.79 Å². The van der Waals surface area contributed by atoms with Gasteiger partial charge < -0.3 is 9.80 Å². The minimum Gasteiger partial charge on any atom is -0.352 e. The van der Waals surface area contributed by atoms with Gasteiger partial charge in [0.2, 0.25) is 15.9 Å². The molecule has 8 nitrogen and oxygen atoms in total. The number of halogens is 1. The fourth-order valence-electron chi connectivity index (χ4n) is 4.86. The van der Waals surface area contributed by atoms with E-state index in [0.717, 1.165) is 16.8 Å². The van der Waals surface area contributed by atoms with Crippen molar-refractivity contribution in [2.24, 2.45) is 0 Å². The third-order valence-electron chi connectivity index (χ3n) is 6.61. The number of hydrogen-bond donors (Lipinski definition) is 0. The first-order chi connectivity index (χ1) is 16.8. The van der Waals surface area contributed by atoms with E-state index < -0.39 is 10.0 Å². The van der Waals surface area contributed by atoms with Crippen LogP contribution >= 0.6 is 11.6 Å². The third-order valence-corrected chi connectivity index (χ3v) is 8.83. The van der Waals surface area contributed by atoms with Gasteiger partial charge in [-0.05, 0) is 55.3 Å². The number of aromatic nitrogens is 2. The molecule has 2 aromatic carbocycles. The smallest absolute Gasteiger partial charge is 0.243 e. The molecule has 0 spiro atoms. The molecule has 2 aliphatic heterocycles. The van der Waals surface area contributed by atoms with Crippen LogP contribution in [0.25, 0.3) is 11.3 Å². The second-order valence-corrected chi connectivity index (χ2v) is 11.2. The molecule has 0 radical (unpaired) electrons. The average molecular weight is 512 g/mol. The second kappa shape index (κ2) is 9.22. The number of carbonyl (C=O) groups is 1. The third kappa shape index (κ3) is 4.39. The van der Waals surface area contributed by atoms with E-state index in [1.54, 1.807) is 23.1 Å². The van der Waals surface area contributed by atoms with Crippen LogP contribution in [-0.2, 0) is 21.2 Å². The molecule has 1 fully saturated rings. The van der Waals surface area contributed by atoms with Crippen molar-refractivity contribution in [2.75, 3.05) is 36.0 Å². The zero-order valence-corrected chi connectivity index (χ0v) is 21.1. The van der Waals surface area contributed by atoms with E-state index in [4.69, 9.17) is 11.6 Å². The number of piperazine rings is 1. The molecule has 5 rings (SSSR count). The van der Waals surface area contributed by atoms with Gasteiger partial charge >= 0.3 is 0 Å². The van der Waals surface area contributed by atoms with Gasteiger partial charge in [-0.15, -0.1) is 10.2 Å². The van der Waals surface area contributed by atoms with Crippen molar-refractivity contribution in [3.8, 4) is 11.3 Å². The second-order valence-electron chi connectivity index (χ2n) is 8.88. The molecule has 0 saturated carbocycles. The van der Waals surface area contributed by atoms with E-state index in [9.17, 15) is 13.2 Å². The van der Waals surface area contributed by atoms with Crippen LogP contribution in [0.3, 0.4) is 0 Å². The summed E-state index contributed by atoms with van der Waals surface area (Å²) < 4.78 is 28.2. The van der Waals surface area contributed by atoms with Crippen molar-refractivity contribution in [3.05, 3.63) is 65.2 Å². The SMILES string of the molecule is CC(=O)N1c2ccc(S(=O)(=O)N3CCN(c4ccc(-c5ccccc5Cl)nn4)CC3)cc2CC1C. The van der Waals surface area contributed by atoms with Crippen molar-refractivity contribution in [1.82, 2.24) is 14.5 Å². The van der Waals surface area contributed by atoms with Crippen LogP contribution in [0.15, 0.2) is 59.5 Å². The molecule has 1 saturated heterocycles. The van der Waals surface area contributed by atoms with E-state index in [-0.39, 0.29) is 16.8 Å². The van der Waals surface area contributed by atoms with Crippen molar-refractivity contribution in [1.29, 1.82) is 0 Å². The van der Waals surface area contributed by atoms with Gasteiger partial charge in [0.1, 0.15) is 0 Å². The topological polar surface area (TPSA) is 86.7 Å². The summed E-state index contributed by atoms with van der Waals surface area (Å²) in [7, 11) is -3.64. The maximum Gasteiger partial charge on any atom is 0.243 e. The summed E-state index contributed by atoms with van der Waals surface area (Å²) in [5, 5.41) is 9.29. The summed E-state index contributed by atoms with van der Waals surface area (Å²) in [6.07, 6.45) is 0.648. The van der Waals surface area contributed by atoms with E-state index >= 15 is 0 Å². The van der Waals surface area contributed by atoms with Crippen LogP contribution in [0.5, 0.6) is 0 Å². The molecule has 10 heteroatoms. The standard InChI is InChI=1S/C25H26ClN5O3S/c1-17-15-19-16-20(7-9-24(19)31(17)18(2)32)35(33,34)30-13-11-29(12-14-30)25-10-8-23(27-28-25)21-5-3-4-6-22(21)26/h3-10,16-17H,11-15H2,1-2H3. The van der Waals surface area contributed by atoms with Crippen LogP contribution < -0.4 is 9.80 Å². The predicted octanol–water partition coefficient (Wildman–Crippen LogP) is 3.61. The number of anilines is 2. The largest absolute Gasteiger partial charge is 0.352 e. The molecule has 35 heavy (non-hydrogen) atoms. The van der Waals surface area contributed by atoms with E-state index in [2.05, 4.69) is 10.2 Å². The first-order valence-electron chi connectivity index (χ1n) is 11.5. The minimum atomic E-state index is -3.64. The summed E-state index contributed by atoms with van der Waals surface area (Å²) in [6, 6.07) is 16.3. The fourth-order valence-corrected chi connectivity index (χ4v) is 6.57. The van der Waals surface area contributed by atoms with Crippen LogP contribution in [-0.4, -0.2) is 61.0 Å². The zero-order chi connectivity index (χ0) is 24.7. The molecule has 3 aromatic rings. The highest BCUT2D eigenvalue weighted by atomic mass is 35.5. The van der Waals surface area contributed by atoms with Crippen molar-refractivity contribution in [3.63, 3.8) is 0 Å². The number of sulfonamides is 1. The number of benzene rings is 2. The Bertz CT molecular complexity index is 1370. The van der Waals surface area contributed by atoms with Gasteiger partial charge in [0, 0.05) is 50.4 Å². The monoisotopic (exact) mass is 511 g/mol. The maximum atomic E-state index is 13.3. The molecule has 3 heterocycles. The maximum absolute atomic E-state index is 13.3. The molecular weight excluding hydrogens is 486 g/mol. The van der Waals surface area contributed by atoms with E-state index in [0.29, 0.717) is 49.1 Å². The summed E-state index contributed by atoms with van der Waals surface area (Å²) in [5.74, 6) is 0.666. The molecule has 2 aliphatic rings. The van der Waals surface area contributed by atoms with Crippen LogP contribution in [0.4, 0.5) is 11.5 Å². The Kier molecular flexibility index (Phi) is 6.25. The van der Waals surface area contributed by atoms with E-state index in [1.807, 2.05) is 48.2 Å². The van der Waals surface area contributed by atoms with Crippen molar-refractivity contribution >= 4 is 39.0 Å². The predicted molar refractivity (Wildman–Crippen MR) is 136 cm³/mol. The molecular formula is C25H26ClN5O3S. The number of nitrogens with zero attached hydrogens (tertiary/aromatic N) is 5. The van der Waals surface area contributed by atoms with Gasteiger partial charge in [0.05, 0.1) is 15.6 Å². The zero-order valence-electron chi connectivity index (χ0n) is 19.6. The number of hydrogen-bond acceptors (Lipinski definition) is 6. The summed E-state index contributed by atoms with van der Waals surface area (Å²) in [5.41, 5.74) is 3.20. The first kappa shape index (κ1) is 23.7. The lowest BCUT2D eigenvalue weighted by molar-refractivity contribution is -0.116. The summed E-state index contributed by atoms with van der Waals surface area (Å²) in [4.78, 5) is 16.0. The lowest BCUT2D eigenvalue weighted by atomic mass is 10.1. The normalized spacial score (nSPS) is 18.5. The van der Waals surface area contributed by atoms with Crippen LogP contribution in [0.1, 0.15) is 19.4 Å². The Morgan fingerprint density at radius 2 is 1.74 bits per heavy atom. The van der Waals surface area contributed by atoms with Gasteiger partial charge in [0.25, 0.3) is 0 Å². The number of carbonyl (C=O) groups excluding carboxylic acids is 1. The highest BCUT2D eigenvalue weighted by Gasteiger charge is 2.33. The van der Waals surface area contributed by atoms with Crippen LogP contribution in [0.2, 0.25) is 5.02 Å². The Morgan fingerprint density at radius 3 is 2.40 bits per heavy atom. The highest BCUT2D eigenvalue weighted by molar-refractivity contribution is 7.89. The van der Waals surface area contributed by atoms with Crippen molar-refractivity contribution in [2.45, 2.75) is 31.2 Å². The first-order valence-corrected chi connectivity index (χ1v) is 13.3. The Morgan fingerprint density at radius 1 is 1.00 bits per heavy atom. The Hall–Kier alpha value is -3.01. The van der Waals surface area contributed by atoms with Gasteiger partial charge in [-0.25, -0.2) is 8.42 Å². The highest BCUT2D eigenvalue weighted by Crippen LogP contribution is 2.35. The Labute approximate surface area is 210 Å². The van der Waals surface area contributed by atoms with Crippen LogP contribution in [0, 0.1) is 0 Å². The quantitative estimate of drug-likeness (QED) is 0.532. The lowest BCUT2D eigenvalue weighted by Gasteiger charge is -2.34. The molecule has 0 aliphatic carbocycles. The molecule has 182 valence electrons. The lowest BCUT2D eigenvalue weighted by Crippen LogP contribution is -2.49. The molecule has 1 amide bonds. The van der Waals surface area contributed by atoms with E-state index in [1.165, 1.54) is 11.2 Å². The number of rotatable bonds is 4. The molecule has 1 atom stereocenters. The number of amides is 1. The molecule has 0 N–H and O–H groups in total. The molecule has 1 unspecified atom stereocenters. The summed E-state index contributed by atoms with van der Waals surface area (Å²) >= 11 is 6.26. The van der Waals surface area contributed by atoms with Gasteiger partial charge in [0.15, 0.2) is 5.82 Å². The minimum absolute atomic E-state index is 0.0226. The average Bonchev–Trinajstić information content (AvgIpc) is 3.20. The Balaban J connectivity index is 1.28. The fraction of sp³-hybridized carbons (Fsp3) is 0.320. The number of fused-ring (bicyclic) bond motifs is 1.